The van der Waals surface area contributed by atoms with Crippen molar-refractivity contribution in [1.29, 1.82) is 0 Å². The number of esters is 1. The second kappa shape index (κ2) is 25.7. The molecule has 3 fully saturated rings. The molecule has 18 atom stereocenters. The highest BCUT2D eigenvalue weighted by molar-refractivity contribution is 5.88. The lowest BCUT2D eigenvalue weighted by atomic mass is 9.77. The number of cyclic esters (lactones) is 1. The standard InChI is InChI=1S/C51H86N6O12.H2O/c1-15-41-31(4)43(59)34(7)56(13)27-29(2)25-50(10,63)47(32(5)45(33(6)48(62)67-41)68-42-26-51(11,64-14)46(61)35(8)66-42)69-49-44(60)40(24-30(3)65-49)55(12)22-21-39-28-57(54-53-39)23-20-37-16-18-38(19-17-37)52-36(9)58;/h16-19,28-35,40-47,49,59-61,63H,15,20-27H2,1-14H3,(H,52,58);1H2/t29-,30-,31+,32+,33-,34-,35+,40+,41-,42+,43+,44-,45+,46+,47-,49+,50-,51-;/m1./s1. The Bertz CT molecular complexity index is 1930. The van der Waals surface area contributed by atoms with Gasteiger partial charge in [0.2, 0.25) is 5.91 Å². The molecule has 3 saturated heterocycles. The summed E-state index contributed by atoms with van der Waals surface area (Å²) in [5.41, 5.74) is 0.0705. The third-order valence-electron chi connectivity index (χ3n) is 15.3. The summed E-state index contributed by atoms with van der Waals surface area (Å²) in [5, 5.41) is 59.3. The van der Waals surface area contributed by atoms with Crippen LogP contribution in [0, 0.1) is 23.7 Å². The largest absolute Gasteiger partial charge is 0.462 e. The molecule has 3 aliphatic heterocycles. The summed E-state index contributed by atoms with van der Waals surface area (Å²) in [5.74, 6) is -2.82. The van der Waals surface area contributed by atoms with Crippen LogP contribution in [0.1, 0.15) is 113 Å². The number of benzene rings is 1. The van der Waals surface area contributed by atoms with Gasteiger partial charge in [0.25, 0.3) is 0 Å². The smallest absolute Gasteiger partial charge is 0.311 e. The second-order valence-electron chi connectivity index (χ2n) is 21.3. The average Bonchev–Trinajstić information content (AvgIpc) is 3.76. The molecule has 2 aromatic rings. The molecule has 70 heavy (non-hydrogen) atoms. The van der Waals surface area contributed by atoms with E-state index in [2.05, 4.69) is 25.4 Å². The number of hydrogen-bond donors (Lipinski definition) is 5. The number of anilines is 1. The predicted molar refractivity (Wildman–Crippen MR) is 263 cm³/mol. The molecule has 1 aromatic heterocycles. The quantitative estimate of drug-likeness (QED) is 0.170. The van der Waals surface area contributed by atoms with Gasteiger partial charge in [0.1, 0.15) is 18.3 Å². The third kappa shape index (κ3) is 15.0. The van der Waals surface area contributed by atoms with E-state index in [4.69, 9.17) is 28.4 Å². The van der Waals surface area contributed by atoms with Crippen LogP contribution in [0.5, 0.6) is 0 Å². The Kier molecular flexibility index (Phi) is 21.8. The SMILES string of the molecule is CC[C@H]1OC(=O)[C@H](C)[C@@H](O[C@H]2C[C@@](C)(OC)[C@@H](O)[C@H](C)O2)[C@H](C)[C@@H](O[C@@H]2O[C@H](C)C[C@H](N(C)CCc3cn(CCc4ccc(NC(C)=O)cc4)nn3)[C@H]2O)[C@](C)(O)C[C@@H](C)CN(C)[C@H](C)[C@@H](O)[C@H]1C.O. The van der Waals surface area contributed by atoms with E-state index in [-0.39, 0.29) is 48.3 Å². The van der Waals surface area contributed by atoms with Crippen molar-refractivity contribution in [2.75, 3.05) is 39.6 Å². The first-order valence-corrected chi connectivity index (χ1v) is 25.2. The number of aliphatic hydroxyl groups excluding tert-OH is 3. The number of carbonyl (C=O) groups is 2. The molecular weight excluding hydrogens is 905 g/mol. The molecule has 4 heterocycles. The molecule has 0 spiro atoms. The minimum absolute atomic E-state index is 0. The van der Waals surface area contributed by atoms with Crippen molar-refractivity contribution in [3.63, 3.8) is 0 Å². The molecule has 19 nitrogen and oxygen atoms in total. The molecule has 0 saturated carbocycles. The van der Waals surface area contributed by atoms with Crippen LogP contribution in [-0.4, -0.2) is 182 Å². The molecule has 3 aliphatic rings. The minimum Gasteiger partial charge on any atom is -0.462 e. The Morgan fingerprint density at radius 2 is 1.64 bits per heavy atom. The van der Waals surface area contributed by atoms with Crippen molar-refractivity contribution in [3.05, 3.63) is 41.7 Å². The lowest BCUT2D eigenvalue weighted by molar-refractivity contribution is -0.318. The Labute approximate surface area is 416 Å². The normalized spacial score (nSPS) is 38.5. The number of likely N-dealkylation sites (N-methyl/N-ethyl adjacent to an activating group) is 2. The number of aliphatic hydroxyl groups is 4. The van der Waals surface area contributed by atoms with Crippen molar-refractivity contribution < 1.29 is 63.9 Å². The number of ether oxygens (including phenoxy) is 6. The number of amides is 1. The van der Waals surface area contributed by atoms with Crippen LogP contribution in [0.25, 0.3) is 0 Å². The molecule has 0 bridgehead atoms. The maximum atomic E-state index is 14.4. The average molecular weight is 993 g/mol. The zero-order valence-corrected chi connectivity index (χ0v) is 44.3. The molecule has 19 heteroatoms. The predicted octanol–water partition coefficient (Wildman–Crippen LogP) is 3.37. The van der Waals surface area contributed by atoms with Crippen molar-refractivity contribution in [2.24, 2.45) is 23.7 Å². The number of aryl methyl sites for hydroxylation is 2. The van der Waals surface area contributed by atoms with Crippen molar-refractivity contribution in [2.45, 2.75) is 206 Å². The van der Waals surface area contributed by atoms with E-state index in [0.717, 1.165) is 23.4 Å². The zero-order chi connectivity index (χ0) is 51.1. The first-order valence-electron chi connectivity index (χ1n) is 25.2. The van der Waals surface area contributed by atoms with Gasteiger partial charge in [0.05, 0.1) is 53.3 Å². The number of nitrogens with one attached hydrogen (secondary N) is 1. The lowest BCUT2D eigenvalue weighted by Gasteiger charge is -2.49. The van der Waals surface area contributed by atoms with Crippen LogP contribution in [0.2, 0.25) is 0 Å². The molecule has 400 valence electrons. The number of hydrogen-bond acceptors (Lipinski definition) is 16. The molecule has 0 aliphatic carbocycles. The van der Waals surface area contributed by atoms with Crippen molar-refractivity contribution in [1.82, 2.24) is 24.8 Å². The van der Waals surface area contributed by atoms with Gasteiger partial charge in [-0.1, -0.05) is 45.0 Å². The van der Waals surface area contributed by atoms with Gasteiger partial charge < -0.3 is 69.4 Å². The van der Waals surface area contributed by atoms with Gasteiger partial charge in [-0.15, -0.1) is 5.10 Å². The number of aromatic nitrogens is 3. The molecule has 1 amide bonds. The summed E-state index contributed by atoms with van der Waals surface area (Å²) in [6, 6.07) is 7.05. The number of methoxy groups -OCH3 is 1. The fourth-order valence-corrected chi connectivity index (χ4v) is 10.8. The first kappa shape index (κ1) is 59.4. The van der Waals surface area contributed by atoms with E-state index in [1.54, 1.807) is 27.7 Å². The van der Waals surface area contributed by atoms with Crippen molar-refractivity contribution in [3.8, 4) is 0 Å². The fourth-order valence-electron chi connectivity index (χ4n) is 10.8. The summed E-state index contributed by atoms with van der Waals surface area (Å²) in [4.78, 5) is 30.0. The van der Waals surface area contributed by atoms with Gasteiger partial charge in [-0.3, -0.25) is 14.3 Å². The molecule has 1 aromatic carbocycles. The van der Waals surface area contributed by atoms with Crippen LogP contribution in [0.3, 0.4) is 0 Å². The summed E-state index contributed by atoms with van der Waals surface area (Å²) >= 11 is 0. The summed E-state index contributed by atoms with van der Waals surface area (Å²) in [7, 11) is 5.43. The van der Waals surface area contributed by atoms with E-state index in [9.17, 15) is 30.0 Å². The van der Waals surface area contributed by atoms with Crippen LogP contribution in [0.15, 0.2) is 30.5 Å². The minimum atomic E-state index is -1.57. The summed E-state index contributed by atoms with van der Waals surface area (Å²) in [6.07, 6.45) is -4.00. The van der Waals surface area contributed by atoms with Gasteiger partial charge in [0.15, 0.2) is 12.6 Å². The Hall–Kier alpha value is -3.18. The third-order valence-corrected chi connectivity index (χ3v) is 15.3. The van der Waals surface area contributed by atoms with E-state index in [1.165, 1.54) is 14.0 Å². The zero-order valence-electron chi connectivity index (χ0n) is 44.3. The maximum Gasteiger partial charge on any atom is 0.311 e. The van der Waals surface area contributed by atoms with E-state index in [0.29, 0.717) is 38.9 Å². The monoisotopic (exact) mass is 993 g/mol. The van der Waals surface area contributed by atoms with Gasteiger partial charge in [-0.25, -0.2) is 0 Å². The summed E-state index contributed by atoms with van der Waals surface area (Å²) in [6.45, 7) is 21.8. The van der Waals surface area contributed by atoms with Gasteiger partial charge in [-0.2, -0.15) is 0 Å². The maximum absolute atomic E-state index is 14.4. The van der Waals surface area contributed by atoms with E-state index in [1.807, 2.05) is 90.8 Å². The van der Waals surface area contributed by atoms with Gasteiger partial charge in [-0.05, 0) is 105 Å². The highest BCUT2D eigenvalue weighted by atomic mass is 16.7. The lowest BCUT2D eigenvalue weighted by Crippen LogP contribution is -2.60. The fraction of sp³-hybridized carbons (Fsp3) is 0.804. The Balaban J connectivity index is 0.0000107. The number of rotatable bonds is 14. The highest BCUT2D eigenvalue weighted by Gasteiger charge is 2.52. The molecule has 7 N–H and O–H groups in total. The molecule has 5 rings (SSSR count). The Morgan fingerprint density at radius 1 is 0.971 bits per heavy atom. The summed E-state index contributed by atoms with van der Waals surface area (Å²) < 4.78 is 40.4. The molecule has 0 radical (unpaired) electrons. The number of carbonyl (C=O) groups excluding carboxylic acids is 2. The van der Waals surface area contributed by atoms with Gasteiger partial charge >= 0.3 is 5.97 Å². The topological polar surface area (TPSA) is 251 Å². The Morgan fingerprint density at radius 3 is 2.27 bits per heavy atom. The number of nitrogens with zero attached hydrogens (tertiary/aromatic N) is 5. The highest BCUT2D eigenvalue weighted by Crippen LogP contribution is 2.40. The van der Waals surface area contributed by atoms with Gasteiger partial charge in [0, 0.05) is 82.3 Å². The van der Waals surface area contributed by atoms with Crippen LogP contribution in [0.4, 0.5) is 5.69 Å². The second-order valence-corrected chi connectivity index (χ2v) is 21.3. The van der Waals surface area contributed by atoms with Crippen molar-refractivity contribution >= 4 is 17.6 Å². The van der Waals surface area contributed by atoms with Crippen LogP contribution < -0.4 is 5.32 Å². The van der Waals surface area contributed by atoms with Crippen LogP contribution in [-0.2, 0) is 57.4 Å². The van der Waals surface area contributed by atoms with E-state index < -0.39 is 90.2 Å². The van der Waals surface area contributed by atoms with Crippen LogP contribution >= 0.6 is 0 Å². The van der Waals surface area contributed by atoms with E-state index >= 15 is 0 Å². The molecule has 0 unspecified atom stereocenters. The first-order chi connectivity index (χ1) is 32.4. The molecular formula is C51H88N6O13.